The third kappa shape index (κ3) is 1.69. The number of hydrogen-bond donors (Lipinski definition) is 1. The highest BCUT2D eigenvalue weighted by atomic mass is 16.2. The van der Waals surface area contributed by atoms with Crippen molar-refractivity contribution in [3.63, 3.8) is 0 Å². The van der Waals surface area contributed by atoms with E-state index in [2.05, 4.69) is 9.97 Å². The van der Waals surface area contributed by atoms with Gasteiger partial charge in [0.25, 0.3) is 5.56 Å². The Labute approximate surface area is 125 Å². The van der Waals surface area contributed by atoms with Crippen LogP contribution in [0.15, 0.2) is 9.59 Å². The molecule has 1 amide bonds. The first kappa shape index (κ1) is 13.3. The minimum Gasteiger partial charge on any atom is -0.294 e. The summed E-state index contributed by atoms with van der Waals surface area (Å²) < 4.78 is 2.94. The average Bonchev–Trinajstić information content (AvgIpc) is 3.00. The molecule has 0 unspecified atom stereocenters. The predicted octanol–water partition coefficient (Wildman–Crippen LogP) is 0.103. The fourth-order valence-corrected chi connectivity index (χ4v) is 3.59. The van der Waals surface area contributed by atoms with Crippen molar-refractivity contribution in [1.29, 1.82) is 0 Å². The third-order valence-electron chi connectivity index (χ3n) is 4.70. The fourth-order valence-electron chi connectivity index (χ4n) is 3.59. The Morgan fingerprint density at radius 3 is 2.59 bits per heavy atom. The van der Waals surface area contributed by atoms with Crippen LogP contribution < -0.4 is 16.1 Å². The zero-order chi connectivity index (χ0) is 15.4. The molecule has 0 aromatic carbocycles. The van der Waals surface area contributed by atoms with Gasteiger partial charge in [0.1, 0.15) is 6.54 Å². The normalized spacial score (nSPS) is 19.1. The van der Waals surface area contributed by atoms with Crippen LogP contribution in [0, 0.1) is 0 Å². The lowest BCUT2D eigenvalue weighted by atomic mass is 9.94. The number of amides is 1. The minimum absolute atomic E-state index is 0.0236. The van der Waals surface area contributed by atoms with Gasteiger partial charge >= 0.3 is 5.69 Å². The maximum absolute atomic E-state index is 12.4. The van der Waals surface area contributed by atoms with Gasteiger partial charge in [0.15, 0.2) is 11.2 Å². The zero-order valence-electron chi connectivity index (χ0n) is 12.3. The second kappa shape index (κ2) is 4.56. The number of carbonyl (C=O) groups excluding carboxylic acids is 1. The molecule has 4 rings (SSSR count). The second-order valence-electron chi connectivity index (χ2n) is 6.04. The van der Waals surface area contributed by atoms with Crippen LogP contribution in [0.25, 0.3) is 11.2 Å². The van der Waals surface area contributed by atoms with Crippen molar-refractivity contribution in [3.8, 4) is 0 Å². The third-order valence-corrected chi connectivity index (χ3v) is 4.70. The highest BCUT2D eigenvalue weighted by molar-refractivity contribution is 5.98. The van der Waals surface area contributed by atoms with Crippen LogP contribution in [0.2, 0.25) is 0 Å². The van der Waals surface area contributed by atoms with Crippen molar-refractivity contribution in [2.24, 2.45) is 7.05 Å². The van der Waals surface area contributed by atoms with Crippen molar-refractivity contribution in [1.82, 2.24) is 19.1 Å². The van der Waals surface area contributed by atoms with E-state index < -0.39 is 11.2 Å². The van der Waals surface area contributed by atoms with Crippen molar-refractivity contribution in [3.05, 3.63) is 20.8 Å². The molecule has 8 nitrogen and oxygen atoms in total. The van der Waals surface area contributed by atoms with Gasteiger partial charge in [0.2, 0.25) is 11.9 Å². The topological polar surface area (TPSA) is 93.0 Å². The first-order valence-corrected chi connectivity index (χ1v) is 7.59. The lowest BCUT2D eigenvalue weighted by Crippen LogP contribution is -2.39. The van der Waals surface area contributed by atoms with Crippen molar-refractivity contribution < 1.29 is 4.79 Å². The molecule has 1 aliphatic heterocycles. The molecule has 0 atom stereocenters. The van der Waals surface area contributed by atoms with E-state index in [0.717, 1.165) is 25.7 Å². The monoisotopic (exact) mass is 303 g/mol. The van der Waals surface area contributed by atoms with Gasteiger partial charge in [-0.1, -0.05) is 19.3 Å². The van der Waals surface area contributed by atoms with Crippen LogP contribution in [0.3, 0.4) is 0 Å². The molecule has 1 N–H and O–H groups in total. The molecule has 22 heavy (non-hydrogen) atoms. The second-order valence-corrected chi connectivity index (χ2v) is 6.04. The number of anilines is 1. The summed E-state index contributed by atoms with van der Waals surface area (Å²) in [5.74, 6) is 0.475. The lowest BCUT2D eigenvalue weighted by molar-refractivity contribution is -0.118. The SMILES string of the molecule is Cn1c(=O)[nH]c(=O)c2c1nc1n2CC(=O)N1C1CCCCC1. The van der Waals surface area contributed by atoms with Gasteiger partial charge in [-0.2, -0.15) is 4.98 Å². The summed E-state index contributed by atoms with van der Waals surface area (Å²) in [6.07, 6.45) is 5.33. The van der Waals surface area contributed by atoms with E-state index >= 15 is 0 Å². The van der Waals surface area contributed by atoms with Crippen molar-refractivity contribution in [2.45, 2.75) is 44.7 Å². The highest BCUT2D eigenvalue weighted by Gasteiger charge is 2.37. The maximum atomic E-state index is 12.4. The van der Waals surface area contributed by atoms with Gasteiger partial charge in [-0.25, -0.2) is 4.79 Å². The zero-order valence-corrected chi connectivity index (χ0v) is 12.3. The Kier molecular flexibility index (Phi) is 2.75. The van der Waals surface area contributed by atoms with Crippen LogP contribution in [0.1, 0.15) is 32.1 Å². The molecular formula is C14H17N5O3. The van der Waals surface area contributed by atoms with E-state index in [1.807, 2.05) is 0 Å². The Morgan fingerprint density at radius 2 is 1.86 bits per heavy atom. The van der Waals surface area contributed by atoms with Crippen LogP contribution in [0.5, 0.6) is 0 Å². The average molecular weight is 303 g/mol. The molecule has 1 fully saturated rings. The number of hydrogen-bond acceptors (Lipinski definition) is 4. The predicted molar refractivity (Wildman–Crippen MR) is 80.0 cm³/mol. The van der Waals surface area contributed by atoms with Gasteiger partial charge in [-0.3, -0.25) is 28.6 Å². The van der Waals surface area contributed by atoms with Gasteiger partial charge in [0, 0.05) is 13.1 Å². The summed E-state index contributed by atoms with van der Waals surface area (Å²) in [6.45, 7) is 0.115. The van der Waals surface area contributed by atoms with E-state index in [1.54, 1.807) is 16.5 Å². The molecule has 2 aromatic heterocycles. The molecule has 2 aromatic rings. The van der Waals surface area contributed by atoms with E-state index in [0.29, 0.717) is 17.1 Å². The van der Waals surface area contributed by atoms with Crippen LogP contribution in [-0.2, 0) is 18.4 Å². The molecular weight excluding hydrogens is 286 g/mol. The fraction of sp³-hybridized carbons (Fsp3) is 0.571. The number of H-pyrrole nitrogens is 1. The summed E-state index contributed by atoms with van der Waals surface area (Å²) >= 11 is 0. The van der Waals surface area contributed by atoms with Crippen LogP contribution >= 0.6 is 0 Å². The summed E-state index contributed by atoms with van der Waals surface area (Å²) in [5, 5.41) is 0. The quantitative estimate of drug-likeness (QED) is 0.808. The molecule has 0 spiro atoms. The number of imidazole rings is 1. The number of aryl methyl sites for hydroxylation is 1. The van der Waals surface area contributed by atoms with Gasteiger partial charge in [0.05, 0.1) is 0 Å². The van der Waals surface area contributed by atoms with Gasteiger partial charge in [-0.15, -0.1) is 0 Å². The molecule has 8 heteroatoms. The molecule has 1 aliphatic carbocycles. The molecule has 0 radical (unpaired) electrons. The van der Waals surface area contributed by atoms with Gasteiger partial charge < -0.3 is 0 Å². The Bertz CT molecular complexity index is 884. The molecule has 0 saturated heterocycles. The van der Waals surface area contributed by atoms with Crippen LogP contribution in [0.4, 0.5) is 5.95 Å². The maximum Gasteiger partial charge on any atom is 0.329 e. The minimum atomic E-state index is -0.496. The van der Waals surface area contributed by atoms with Crippen LogP contribution in [-0.4, -0.2) is 31.1 Å². The molecule has 3 heterocycles. The smallest absolute Gasteiger partial charge is 0.294 e. The molecule has 1 saturated carbocycles. The number of fused-ring (bicyclic) bond motifs is 3. The van der Waals surface area contributed by atoms with Gasteiger partial charge in [-0.05, 0) is 12.8 Å². The number of aromatic nitrogens is 4. The standard InChI is InChI=1S/C14H17N5O3/c1-17-11-10(12(21)16-14(17)22)18-7-9(20)19(13(18)15-11)8-5-3-2-4-6-8/h8H,2-7H2,1H3,(H,16,21,22). The number of aromatic amines is 1. The Balaban J connectivity index is 1.92. The number of carbonyl (C=O) groups is 1. The van der Waals surface area contributed by atoms with E-state index in [-0.39, 0.29) is 18.5 Å². The Morgan fingerprint density at radius 1 is 1.14 bits per heavy atom. The van der Waals surface area contributed by atoms with E-state index in [1.165, 1.54) is 11.0 Å². The largest absolute Gasteiger partial charge is 0.329 e. The number of nitrogens with zero attached hydrogens (tertiary/aromatic N) is 4. The summed E-state index contributed by atoms with van der Waals surface area (Å²) in [5.41, 5.74) is -0.360. The summed E-state index contributed by atoms with van der Waals surface area (Å²) in [4.78, 5) is 44.6. The Hall–Kier alpha value is -2.38. The highest BCUT2D eigenvalue weighted by Crippen LogP contribution is 2.32. The first-order chi connectivity index (χ1) is 10.6. The molecule has 116 valence electrons. The van der Waals surface area contributed by atoms with Crippen molar-refractivity contribution in [2.75, 3.05) is 4.90 Å². The van der Waals surface area contributed by atoms with E-state index in [4.69, 9.17) is 0 Å². The number of rotatable bonds is 1. The summed E-state index contributed by atoms with van der Waals surface area (Å²) in [6, 6.07) is 0.149. The molecule has 0 bridgehead atoms. The molecule has 2 aliphatic rings. The first-order valence-electron chi connectivity index (χ1n) is 7.59. The lowest BCUT2D eigenvalue weighted by Gasteiger charge is -2.29. The number of nitrogens with one attached hydrogen (secondary N) is 1. The summed E-state index contributed by atoms with van der Waals surface area (Å²) in [7, 11) is 1.57. The van der Waals surface area contributed by atoms with E-state index in [9.17, 15) is 14.4 Å². The van der Waals surface area contributed by atoms with Crippen molar-refractivity contribution >= 4 is 23.0 Å².